The van der Waals surface area contributed by atoms with Gasteiger partial charge in [-0.15, -0.1) is 11.3 Å². The molecule has 0 atom stereocenters. The summed E-state index contributed by atoms with van der Waals surface area (Å²) in [5, 5.41) is 2.08. The summed E-state index contributed by atoms with van der Waals surface area (Å²) in [5.74, 6) is 1.21. The molecule has 1 fully saturated rings. The first kappa shape index (κ1) is 16.9. The molecule has 6 heteroatoms. The molecule has 1 aliphatic heterocycles. The molecule has 0 unspecified atom stereocenters. The third-order valence-electron chi connectivity index (χ3n) is 4.48. The summed E-state index contributed by atoms with van der Waals surface area (Å²) < 4.78 is 0. The van der Waals surface area contributed by atoms with Crippen LogP contribution in [0.25, 0.3) is 0 Å². The van der Waals surface area contributed by atoms with Crippen LogP contribution in [0.15, 0.2) is 35.8 Å². The minimum Gasteiger partial charge on any atom is -0.354 e. The minimum atomic E-state index is 0.189. The van der Waals surface area contributed by atoms with E-state index in [4.69, 9.17) is 0 Å². The molecule has 0 spiro atoms. The van der Waals surface area contributed by atoms with Crippen LogP contribution in [0.4, 0.5) is 5.82 Å². The van der Waals surface area contributed by atoms with Gasteiger partial charge in [0.25, 0.3) is 0 Å². The Labute approximate surface area is 147 Å². The molecular weight excluding hydrogens is 320 g/mol. The first-order chi connectivity index (χ1) is 11.6. The van der Waals surface area contributed by atoms with E-state index in [1.54, 1.807) is 11.3 Å². The smallest absolute Gasteiger partial charge is 0.236 e. The molecule has 5 nitrogen and oxygen atoms in total. The van der Waals surface area contributed by atoms with E-state index in [-0.39, 0.29) is 5.91 Å². The minimum absolute atomic E-state index is 0.189. The van der Waals surface area contributed by atoms with Gasteiger partial charge in [-0.25, -0.2) is 4.98 Å². The zero-order chi connectivity index (χ0) is 16.9. The Morgan fingerprint density at radius 3 is 2.67 bits per heavy atom. The Balaban J connectivity index is 1.47. The third-order valence-corrected chi connectivity index (χ3v) is 5.49. The normalized spacial score (nSPS) is 15.5. The number of amides is 1. The zero-order valence-corrected chi connectivity index (χ0v) is 15.1. The maximum Gasteiger partial charge on any atom is 0.236 e. The van der Waals surface area contributed by atoms with Crippen LogP contribution in [-0.4, -0.2) is 60.5 Å². The van der Waals surface area contributed by atoms with Gasteiger partial charge < -0.3 is 9.80 Å². The van der Waals surface area contributed by atoms with E-state index >= 15 is 0 Å². The molecule has 3 heterocycles. The van der Waals surface area contributed by atoms with E-state index in [0.29, 0.717) is 13.1 Å². The quantitative estimate of drug-likeness (QED) is 0.834. The van der Waals surface area contributed by atoms with Gasteiger partial charge in [-0.3, -0.25) is 9.69 Å². The van der Waals surface area contributed by atoms with Crippen LogP contribution in [-0.2, 0) is 11.3 Å². The highest BCUT2D eigenvalue weighted by molar-refractivity contribution is 7.10. The van der Waals surface area contributed by atoms with Crippen molar-refractivity contribution in [3.8, 4) is 0 Å². The van der Waals surface area contributed by atoms with E-state index < -0.39 is 0 Å². The van der Waals surface area contributed by atoms with E-state index in [0.717, 1.165) is 32.0 Å². The number of pyridine rings is 1. The third kappa shape index (κ3) is 4.13. The summed E-state index contributed by atoms with van der Waals surface area (Å²) in [7, 11) is 1.89. The average molecular weight is 344 g/mol. The number of piperazine rings is 1. The Hall–Kier alpha value is -1.92. The molecule has 1 amide bonds. The van der Waals surface area contributed by atoms with Crippen molar-refractivity contribution in [1.29, 1.82) is 0 Å². The first-order valence-corrected chi connectivity index (χ1v) is 9.16. The van der Waals surface area contributed by atoms with Crippen LogP contribution >= 0.6 is 11.3 Å². The van der Waals surface area contributed by atoms with Crippen LogP contribution in [0.1, 0.15) is 10.4 Å². The molecule has 24 heavy (non-hydrogen) atoms. The number of thiophene rings is 1. The van der Waals surface area contributed by atoms with Gasteiger partial charge in [0.2, 0.25) is 5.91 Å². The molecule has 3 rings (SSSR count). The number of carbonyl (C=O) groups is 1. The van der Waals surface area contributed by atoms with Crippen molar-refractivity contribution in [3.63, 3.8) is 0 Å². The van der Waals surface area contributed by atoms with Gasteiger partial charge in [0, 0.05) is 44.3 Å². The van der Waals surface area contributed by atoms with Gasteiger partial charge in [-0.05, 0) is 36.1 Å². The van der Waals surface area contributed by atoms with Gasteiger partial charge in [0.15, 0.2) is 0 Å². The lowest BCUT2D eigenvalue weighted by Crippen LogP contribution is -2.49. The second-order valence-corrected chi connectivity index (χ2v) is 7.23. The summed E-state index contributed by atoms with van der Waals surface area (Å²) in [6, 6.07) is 8.09. The summed E-state index contributed by atoms with van der Waals surface area (Å²) in [6.45, 7) is 6.92. The predicted octanol–water partition coefficient (Wildman–Crippen LogP) is 2.23. The topological polar surface area (TPSA) is 39.7 Å². The van der Waals surface area contributed by atoms with Gasteiger partial charge in [0.05, 0.1) is 13.1 Å². The molecule has 0 aliphatic carbocycles. The SMILES string of the molecule is Cc1ccsc1CN(C)C(=O)CN1CCN(c2ccccn2)CC1. The van der Waals surface area contributed by atoms with E-state index in [9.17, 15) is 4.79 Å². The molecule has 0 bridgehead atoms. The number of nitrogens with zero attached hydrogens (tertiary/aromatic N) is 4. The van der Waals surface area contributed by atoms with Crippen molar-refractivity contribution < 1.29 is 4.79 Å². The summed E-state index contributed by atoms with van der Waals surface area (Å²) >= 11 is 1.72. The van der Waals surface area contributed by atoms with Gasteiger partial charge in [0.1, 0.15) is 5.82 Å². The molecule has 0 aromatic carbocycles. The largest absolute Gasteiger partial charge is 0.354 e. The predicted molar refractivity (Wildman–Crippen MR) is 98.4 cm³/mol. The number of aryl methyl sites for hydroxylation is 1. The highest BCUT2D eigenvalue weighted by Gasteiger charge is 2.21. The maximum atomic E-state index is 12.5. The summed E-state index contributed by atoms with van der Waals surface area (Å²) in [6.07, 6.45) is 1.83. The number of hydrogen-bond acceptors (Lipinski definition) is 5. The van der Waals surface area contributed by atoms with E-state index in [1.807, 2.05) is 36.3 Å². The van der Waals surface area contributed by atoms with E-state index in [2.05, 4.69) is 33.2 Å². The molecule has 2 aromatic heterocycles. The standard InChI is InChI=1S/C18H24N4OS/c1-15-6-12-24-16(15)13-20(2)18(23)14-21-8-10-22(11-9-21)17-5-3-4-7-19-17/h3-7,12H,8-11,13-14H2,1-2H3. The number of likely N-dealkylation sites (N-methyl/N-ethyl adjacent to an activating group) is 1. The molecule has 1 aliphatic rings. The lowest BCUT2D eigenvalue weighted by molar-refractivity contribution is -0.131. The lowest BCUT2D eigenvalue weighted by Gasteiger charge is -2.35. The van der Waals surface area contributed by atoms with Crippen LogP contribution in [0.5, 0.6) is 0 Å². The first-order valence-electron chi connectivity index (χ1n) is 8.29. The van der Waals surface area contributed by atoms with Crippen LogP contribution in [0.3, 0.4) is 0 Å². The highest BCUT2D eigenvalue weighted by atomic mass is 32.1. The number of aromatic nitrogens is 1. The van der Waals surface area contributed by atoms with E-state index in [1.165, 1.54) is 10.4 Å². The molecule has 0 N–H and O–H groups in total. The number of anilines is 1. The summed E-state index contributed by atoms with van der Waals surface area (Å²) in [5.41, 5.74) is 1.27. The Morgan fingerprint density at radius 2 is 2.04 bits per heavy atom. The van der Waals surface area contributed by atoms with Crippen LogP contribution in [0, 0.1) is 6.92 Å². The number of carbonyl (C=O) groups excluding carboxylic acids is 1. The zero-order valence-electron chi connectivity index (χ0n) is 14.3. The molecular formula is C18H24N4OS. The molecule has 1 saturated heterocycles. The van der Waals surface area contributed by atoms with Crippen molar-refractivity contribution in [3.05, 3.63) is 46.3 Å². The van der Waals surface area contributed by atoms with Gasteiger partial charge in [-0.1, -0.05) is 6.07 Å². The average Bonchev–Trinajstić information content (AvgIpc) is 3.01. The number of rotatable bonds is 5. The summed E-state index contributed by atoms with van der Waals surface area (Å²) in [4.78, 5) is 24.5. The van der Waals surface area contributed by atoms with Crippen molar-refractivity contribution in [2.24, 2.45) is 0 Å². The van der Waals surface area contributed by atoms with Crippen molar-refractivity contribution in [2.45, 2.75) is 13.5 Å². The fourth-order valence-electron chi connectivity index (χ4n) is 2.86. The maximum absolute atomic E-state index is 12.5. The highest BCUT2D eigenvalue weighted by Crippen LogP contribution is 2.17. The fourth-order valence-corrected chi connectivity index (χ4v) is 3.82. The van der Waals surface area contributed by atoms with Crippen molar-refractivity contribution in [1.82, 2.24) is 14.8 Å². The van der Waals surface area contributed by atoms with Gasteiger partial charge in [-0.2, -0.15) is 0 Å². The van der Waals surface area contributed by atoms with Crippen molar-refractivity contribution in [2.75, 3.05) is 44.7 Å². The Bertz CT molecular complexity index is 665. The lowest BCUT2D eigenvalue weighted by atomic mass is 10.2. The Kier molecular flexibility index (Phi) is 5.48. The molecule has 2 aromatic rings. The molecule has 0 radical (unpaired) electrons. The molecule has 128 valence electrons. The monoisotopic (exact) mass is 344 g/mol. The fraction of sp³-hybridized carbons (Fsp3) is 0.444. The second-order valence-electron chi connectivity index (χ2n) is 6.23. The van der Waals surface area contributed by atoms with Gasteiger partial charge >= 0.3 is 0 Å². The second kappa shape index (κ2) is 7.77. The van der Waals surface area contributed by atoms with Crippen molar-refractivity contribution >= 4 is 23.1 Å². The van der Waals surface area contributed by atoms with Crippen LogP contribution < -0.4 is 4.90 Å². The van der Waals surface area contributed by atoms with Crippen LogP contribution in [0.2, 0.25) is 0 Å². The number of hydrogen-bond donors (Lipinski definition) is 0. The molecule has 0 saturated carbocycles. The Morgan fingerprint density at radius 1 is 1.25 bits per heavy atom.